The Balaban J connectivity index is 2.29. The van der Waals surface area contributed by atoms with Gasteiger partial charge in [0.2, 0.25) is 0 Å². The zero-order valence-corrected chi connectivity index (χ0v) is 8.74. The third-order valence-corrected chi connectivity index (χ3v) is 2.67. The van der Waals surface area contributed by atoms with E-state index in [4.69, 9.17) is 22.0 Å². The van der Waals surface area contributed by atoms with Crippen molar-refractivity contribution in [3.05, 3.63) is 0 Å². The van der Waals surface area contributed by atoms with Gasteiger partial charge in [-0.3, -0.25) is 4.57 Å². The average Bonchev–Trinajstić information content (AvgIpc) is 2.27. The van der Waals surface area contributed by atoms with E-state index in [9.17, 15) is 4.57 Å². The van der Waals surface area contributed by atoms with E-state index >= 15 is 0 Å². The van der Waals surface area contributed by atoms with E-state index in [-0.39, 0.29) is 24.6 Å². The molecule has 2 radical (unpaired) electrons. The predicted molar refractivity (Wildman–Crippen MR) is 49.9 cm³/mol. The summed E-state index contributed by atoms with van der Waals surface area (Å²) in [7, 11) is 2.22. The summed E-state index contributed by atoms with van der Waals surface area (Å²) < 4.78 is 20.8. The Morgan fingerprint density at radius 3 is 2.77 bits per heavy atom. The maximum absolute atomic E-state index is 10.8. The van der Waals surface area contributed by atoms with E-state index in [0.717, 1.165) is 13.1 Å². The first-order chi connectivity index (χ1) is 5.88. The Bertz CT molecular complexity index is 207. The smallest absolute Gasteiger partial charge is 0.325 e. The lowest BCUT2D eigenvalue weighted by molar-refractivity contribution is 0.0451. The molecule has 4 nitrogen and oxygen atoms in total. The molecule has 1 aliphatic heterocycles. The summed E-state index contributed by atoms with van der Waals surface area (Å²) >= 11 is 0. The second kappa shape index (κ2) is 4.14. The molecule has 0 spiro atoms. The van der Waals surface area contributed by atoms with Crippen molar-refractivity contribution in [2.45, 2.75) is 25.5 Å². The minimum Gasteiger partial charge on any atom is -0.382 e. The van der Waals surface area contributed by atoms with Crippen molar-refractivity contribution in [1.82, 2.24) is 0 Å². The maximum atomic E-state index is 10.8. The van der Waals surface area contributed by atoms with E-state index in [1.54, 1.807) is 0 Å². The monoisotopic (exact) mass is 204 g/mol. The van der Waals surface area contributed by atoms with Gasteiger partial charge in [0, 0.05) is 12.7 Å². The van der Waals surface area contributed by atoms with Crippen molar-refractivity contribution in [2.75, 3.05) is 13.3 Å². The number of ether oxygens (including phenoxy) is 1. The molecule has 0 aromatic rings. The Hall–Kier alpha value is 0.175. The molecule has 1 rings (SSSR count). The predicted octanol–water partition coefficient (Wildman–Crippen LogP) is 0.738. The lowest BCUT2D eigenvalue weighted by atomic mass is 9.88. The molecule has 0 aromatic heterocycles. The molecule has 0 amide bonds. The van der Waals surface area contributed by atoms with Crippen molar-refractivity contribution in [1.29, 1.82) is 0 Å². The summed E-state index contributed by atoms with van der Waals surface area (Å²) in [5.41, 5.74) is 0. The molecule has 1 fully saturated rings. The normalized spacial score (nSPS) is 38.8. The van der Waals surface area contributed by atoms with Gasteiger partial charge in [-0.05, 0) is 12.3 Å². The summed E-state index contributed by atoms with van der Waals surface area (Å²) in [5, 5.41) is 0. The first-order valence-corrected chi connectivity index (χ1v) is 6.27. The Morgan fingerprint density at radius 1 is 1.77 bits per heavy atom. The Morgan fingerprint density at radius 2 is 2.38 bits per heavy atom. The molecule has 1 N–H and O–H groups in total. The van der Waals surface area contributed by atoms with Crippen LogP contribution in [0, 0.1) is 5.92 Å². The molecule has 1 saturated heterocycles. The molecule has 4 unspecified atom stereocenters. The largest absolute Gasteiger partial charge is 0.382 e. The van der Waals surface area contributed by atoms with Crippen LogP contribution in [-0.4, -0.2) is 38.1 Å². The van der Waals surface area contributed by atoms with Crippen LogP contribution in [0.2, 0.25) is 0 Å². The van der Waals surface area contributed by atoms with Crippen molar-refractivity contribution < 1.29 is 18.7 Å². The van der Waals surface area contributed by atoms with Gasteiger partial charge in [0.25, 0.3) is 0 Å². The fraction of sp³-hybridized carbons (Fsp3) is 1.00. The first-order valence-electron chi connectivity index (χ1n) is 4.24. The molecular formula is C7H14BO4P. The molecule has 13 heavy (non-hydrogen) atoms. The van der Waals surface area contributed by atoms with Crippen LogP contribution in [0.15, 0.2) is 0 Å². The summed E-state index contributed by atoms with van der Waals surface area (Å²) in [6.45, 7) is 3.28. The number of rotatable bonds is 3. The van der Waals surface area contributed by atoms with Crippen molar-refractivity contribution in [2.24, 2.45) is 5.92 Å². The summed E-state index contributed by atoms with van der Waals surface area (Å²) in [6.07, 6.45) is 0.631. The zero-order chi connectivity index (χ0) is 10.1. The highest BCUT2D eigenvalue weighted by atomic mass is 31.2. The summed E-state index contributed by atoms with van der Waals surface area (Å²) in [4.78, 5) is 8.86. The highest BCUT2D eigenvalue weighted by Crippen LogP contribution is 2.38. The van der Waals surface area contributed by atoms with Crippen LogP contribution in [0.1, 0.15) is 13.3 Å². The zero-order valence-electron chi connectivity index (χ0n) is 7.84. The van der Waals surface area contributed by atoms with Gasteiger partial charge >= 0.3 is 7.60 Å². The van der Waals surface area contributed by atoms with Gasteiger partial charge in [-0.25, -0.2) is 0 Å². The third-order valence-electron chi connectivity index (χ3n) is 2.05. The van der Waals surface area contributed by atoms with Gasteiger partial charge in [-0.15, -0.1) is 0 Å². The second-order valence-corrected chi connectivity index (χ2v) is 5.40. The maximum Gasteiger partial charge on any atom is 0.325 e. The van der Waals surface area contributed by atoms with E-state index in [1.807, 2.05) is 6.92 Å². The van der Waals surface area contributed by atoms with E-state index in [1.165, 1.54) is 0 Å². The minimum atomic E-state index is -3.38. The molecule has 1 aliphatic rings. The van der Waals surface area contributed by atoms with Gasteiger partial charge < -0.3 is 14.2 Å². The standard InChI is InChI=1S/C7H14BO4P/c1-5-3-6(12-7(5)8)4-11-13(2,9)10/h5-7H,3-4H2,1-2H3,(H,9,10). The Labute approximate surface area is 79.6 Å². The molecule has 0 bridgehead atoms. The highest BCUT2D eigenvalue weighted by Gasteiger charge is 2.29. The summed E-state index contributed by atoms with van der Waals surface area (Å²) in [6, 6.07) is -0.275. The van der Waals surface area contributed by atoms with Crippen LogP contribution >= 0.6 is 7.60 Å². The highest BCUT2D eigenvalue weighted by molar-refractivity contribution is 7.51. The van der Waals surface area contributed by atoms with Crippen molar-refractivity contribution in [3.8, 4) is 0 Å². The fourth-order valence-corrected chi connectivity index (χ4v) is 1.73. The van der Waals surface area contributed by atoms with Gasteiger partial charge in [0.1, 0.15) is 7.85 Å². The number of hydrogen-bond donors (Lipinski definition) is 1. The SMILES string of the molecule is [B]C1OC(COP(C)(=O)O)CC1C. The van der Waals surface area contributed by atoms with Gasteiger partial charge in [-0.2, -0.15) is 0 Å². The van der Waals surface area contributed by atoms with Crippen LogP contribution in [0.4, 0.5) is 0 Å². The van der Waals surface area contributed by atoms with Gasteiger partial charge in [-0.1, -0.05) is 6.92 Å². The Kier molecular flexibility index (Phi) is 3.58. The molecular weight excluding hydrogens is 190 g/mol. The number of hydrogen-bond acceptors (Lipinski definition) is 3. The van der Waals surface area contributed by atoms with Crippen LogP contribution in [0.3, 0.4) is 0 Å². The van der Waals surface area contributed by atoms with Crippen LogP contribution in [0.5, 0.6) is 0 Å². The molecule has 0 aromatic carbocycles. The van der Waals surface area contributed by atoms with E-state index in [0.29, 0.717) is 0 Å². The van der Waals surface area contributed by atoms with Crippen LogP contribution in [-0.2, 0) is 13.8 Å². The average molecular weight is 204 g/mol. The molecule has 74 valence electrons. The molecule has 0 aliphatic carbocycles. The summed E-state index contributed by atoms with van der Waals surface area (Å²) in [5.74, 6) is 0.281. The van der Waals surface area contributed by atoms with Gasteiger partial charge in [0.05, 0.1) is 12.7 Å². The van der Waals surface area contributed by atoms with Gasteiger partial charge in [0.15, 0.2) is 0 Å². The lowest BCUT2D eigenvalue weighted by Crippen LogP contribution is -2.16. The molecule has 1 heterocycles. The first kappa shape index (κ1) is 11.3. The minimum absolute atomic E-state index is 0.141. The molecule has 0 saturated carbocycles. The second-order valence-electron chi connectivity index (χ2n) is 3.53. The van der Waals surface area contributed by atoms with Crippen molar-refractivity contribution >= 4 is 15.4 Å². The molecule has 4 atom stereocenters. The van der Waals surface area contributed by atoms with E-state index < -0.39 is 7.60 Å². The van der Waals surface area contributed by atoms with Crippen molar-refractivity contribution in [3.63, 3.8) is 0 Å². The topological polar surface area (TPSA) is 55.8 Å². The van der Waals surface area contributed by atoms with E-state index in [2.05, 4.69) is 0 Å². The lowest BCUT2D eigenvalue weighted by Gasteiger charge is -2.12. The third kappa shape index (κ3) is 3.82. The molecule has 6 heteroatoms. The fourth-order valence-electron chi connectivity index (χ4n) is 1.29. The quantitative estimate of drug-likeness (QED) is 0.544. The van der Waals surface area contributed by atoms with Crippen LogP contribution < -0.4 is 0 Å². The van der Waals surface area contributed by atoms with Crippen LogP contribution in [0.25, 0.3) is 0 Å².